The number of hydrogen-bond donors (Lipinski definition) is 1. The smallest absolute Gasteiger partial charge is 0.191 e. The molecule has 0 radical (unpaired) electrons. The van der Waals surface area contributed by atoms with Gasteiger partial charge in [-0.3, -0.25) is 0 Å². The first-order valence-corrected chi connectivity index (χ1v) is 6.38. The minimum atomic E-state index is -0.659. The SMILES string of the molecule is CCC(N)Cc1cc(F)c(OC(C)CC)c(F)c1. The third-order valence-corrected chi connectivity index (χ3v) is 2.97. The zero-order chi connectivity index (χ0) is 13.7. The second-order valence-electron chi connectivity index (χ2n) is 4.60. The molecule has 1 aromatic rings. The van der Waals surface area contributed by atoms with Gasteiger partial charge in [-0.15, -0.1) is 0 Å². The zero-order valence-corrected chi connectivity index (χ0v) is 11.2. The van der Waals surface area contributed by atoms with Gasteiger partial charge in [-0.05, 0) is 43.9 Å². The Balaban J connectivity index is 2.90. The van der Waals surface area contributed by atoms with E-state index in [1.54, 1.807) is 6.92 Å². The monoisotopic (exact) mass is 257 g/mol. The average molecular weight is 257 g/mol. The summed E-state index contributed by atoms with van der Waals surface area (Å²) in [5.74, 6) is -1.61. The fourth-order valence-electron chi connectivity index (χ4n) is 1.57. The highest BCUT2D eigenvalue weighted by Crippen LogP contribution is 2.25. The molecular weight excluding hydrogens is 236 g/mol. The van der Waals surface area contributed by atoms with Crippen molar-refractivity contribution in [2.45, 2.75) is 52.2 Å². The lowest BCUT2D eigenvalue weighted by molar-refractivity contribution is 0.197. The van der Waals surface area contributed by atoms with E-state index in [0.29, 0.717) is 18.4 Å². The van der Waals surface area contributed by atoms with Crippen LogP contribution in [0.15, 0.2) is 12.1 Å². The molecule has 0 spiro atoms. The van der Waals surface area contributed by atoms with Crippen LogP contribution in [0.2, 0.25) is 0 Å². The topological polar surface area (TPSA) is 35.2 Å². The van der Waals surface area contributed by atoms with Crippen LogP contribution in [0.1, 0.15) is 39.2 Å². The summed E-state index contributed by atoms with van der Waals surface area (Å²) in [5.41, 5.74) is 6.33. The van der Waals surface area contributed by atoms with Crippen molar-refractivity contribution >= 4 is 0 Å². The van der Waals surface area contributed by atoms with Crippen molar-refractivity contribution in [1.29, 1.82) is 0 Å². The quantitative estimate of drug-likeness (QED) is 0.847. The maximum absolute atomic E-state index is 13.8. The Bertz CT molecular complexity index is 372. The molecule has 0 heterocycles. The molecule has 0 bridgehead atoms. The van der Waals surface area contributed by atoms with Gasteiger partial charge in [-0.2, -0.15) is 0 Å². The van der Waals surface area contributed by atoms with Crippen LogP contribution in [0.5, 0.6) is 5.75 Å². The van der Waals surface area contributed by atoms with Crippen molar-refractivity contribution in [1.82, 2.24) is 0 Å². The minimum absolute atomic E-state index is 0.0786. The molecule has 2 nitrogen and oxygen atoms in total. The Labute approximate surface area is 107 Å². The van der Waals surface area contributed by atoms with Crippen LogP contribution in [-0.4, -0.2) is 12.1 Å². The van der Waals surface area contributed by atoms with Crippen molar-refractivity contribution in [3.8, 4) is 5.75 Å². The first-order chi connectivity index (χ1) is 8.47. The third kappa shape index (κ3) is 3.95. The van der Waals surface area contributed by atoms with Crippen LogP contribution in [0.4, 0.5) is 8.78 Å². The lowest BCUT2D eigenvalue weighted by atomic mass is 10.0. The van der Waals surface area contributed by atoms with Gasteiger partial charge in [-0.25, -0.2) is 8.78 Å². The van der Waals surface area contributed by atoms with Crippen LogP contribution in [0.25, 0.3) is 0 Å². The summed E-state index contributed by atoms with van der Waals surface area (Å²) in [6.07, 6.45) is 1.72. The third-order valence-electron chi connectivity index (χ3n) is 2.97. The van der Waals surface area contributed by atoms with E-state index in [1.165, 1.54) is 12.1 Å². The predicted molar refractivity (Wildman–Crippen MR) is 68.7 cm³/mol. The molecule has 0 aliphatic heterocycles. The van der Waals surface area contributed by atoms with Gasteiger partial charge in [-0.1, -0.05) is 13.8 Å². The number of nitrogens with two attached hydrogens (primary N) is 1. The predicted octanol–water partition coefficient (Wildman–Crippen LogP) is 3.42. The summed E-state index contributed by atoms with van der Waals surface area (Å²) < 4.78 is 32.7. The second-order valence-corrected chi connectivity index (χ2v) is 4.60. The molecule has 0 aliphatic carbocycles. The van der Waals surface area contributed by atoms with Crippen molar-refractivity contribution < 1.29 is 13.5 Å². The molecule has 2 N–H and O–H groups in total. The molecule has 102 valence electrons. The summed E-state index contributed by atoms with van der Waals surface area (Å²) in [6, 6.07) is 2.53. The van der Waals surface area contributed by atoms with Crippen LogP contribution in [0.3, 0.4) is 0 Å². The van der Waals surface area contributed by atoms with Gasteiger partial charge >= 0.3 is 0 Å². The molecule has 2 unspecified atom stereocenters. The first kappa shape index (κ1) is 14.9. The van der Waals surface area contributed by atoms with Gasteiger partial charge in [0.1, 0.15) is 0 Å². The second kappa shape index (κ2) is 6.69. The molecule has 0 fully saturated rings. The molecule has 0 aromatic heterocycles. The molecule has 1 rings (SSSR count). The van der Waals surface area contributed by atoms with Crippen molar-refractivity contribution in [3.63, 3.8) is 0 Å². The van der Waals surface area contributed by atoms with Crippen LogP contribution < -0.4 is 10.5 Å². The number of benzene rings is 1. The van der Waals surface area contributed by atoms with Gasteiger partial charge in [0.15, 0.2) is 17.4 Å². The lowest BCUT2D eigenvalue weighted by Crippen LogP contribution is -2.21. The van der Waals surface area contributed by atoms with Crippen molar-refractivity contribution in [2.75, 3.05) is 0 Å². The fraction of sp³-hybridized carbons (Fsp3) is 0.571. The molecule has 0 aliphatic rings. The fourth-order valence-corrected chi connectivity index (χ4v) is 1.57. The Hall–Kier alpha value is -1.16. The first-order valence-electron chi connectivity index (χ1n) is 6.38. The van der Waals surface area contributed by atoms with E-state index in [-0.39, 0.29) is 17.9 Å². The van der Waals surface area contributed by atoms with E-state index < -0.39 is 11.6 Å². The van der Waals surface area contributed by atoms with Crippen LogP contribution in [-0.2, 0) is 6.42 Å². The van der Waals surface area contributed by atoms with E-state index in [9.17, 15) is 8.78 Å². The van der Waals surface area contributed by atoms with Gasteiger partial charge in [0.2, 0.25) is 0 Å². The maximum Gasteiger partial charge on any atom is 0.191 e. The highest BCUT2D eigenvalue weighted by molar-refractivity contribution is 5.32. The summed E-state index contributed by atoms with van der Waals surface area (Å²) in [4.78, 5) is 0. The van der Waals surface area contributed by atoms with E-state index in [2.05, 4.69) is 0 Å². The van der Waals surface area contributed by atoms with Gasteiger partial charge in [0, 0.05) is 6.04 Å². The van der Waals surface area contributed by atoms with E-state index in [0.717, 1.165) is 6.42 Å². The summed E-state index contributed by atoms with van der Waals surface area (Å²) >= 11 is 0. The molecule has 1 aromatic carbocycles. The number of hydrogen-bond acceptors (Lipinski definition) is 2. The Morgan fingerprint density at radius 2 is 1.72 bits per heavy atom. The molecular formula is C14H21F2NO. The number of halogens is 2. The average Bonchev–Trinajstić information content (AvgIpc) is 2.33. The molecule has 4 heteroatoms. The normalized spacial score (nSPS) is 14.3. The highest BCUT2D eigenvalue weighted by Gasteiger charge is 2.15. The molecule has 0 saturated carbocycles. The maximum atomic E-state index is 13.8. The lowest BCUT2D eigenvalue weighted by Gasteiger charge is -2.15. The summed E-state index contributed by atoms with van der Waals surface area (Å²) in [6.45, 7) is 5.62. The standard InChI is InChI=1S/C14H21F2NO/c1-4-9(3)18-14-12(15)7-10(8-13(14)16)6-11(17)5-2/h7-9,11H,4-6,17H2,1-3H3. The zero-order valence-electron chi connectivity index (χ0n) is 11.2. The van der Waals surface area contributed by atoms with E-state index in [1.807, 2.05) is 13.8 Å². The Morgan fingerprint density at radius 3 is 2.17 bits per heavy atom. The minimum Gasteiger partial charge on any atom is -0.485 e. The van der Waals surface area contributed by atoms with Crippen LogP contribution >= 0.6 is 0 Å². The molecule has 2 atom stereocenters. The molecule has 18 heavy (non-hydrogen) atoms. The van der Waals surface area contributed by atoms with E-state index >= 15 is 0 Å². The van der Waals surface area contributed by atoms with Crippen molar-refractivity contribution in [2.24, 2.45) is 5.73 Å². The van der Waals surface area contributed by atoms with Crippen molar-refractivity contribution in [3.05, 3.63) is 29.3 Å². The van der Waals surface area contributed by atoms with E-state index in [4.69, 9.17) is 10.5 Å². The van der Waals surface area contributed by atoms with Crippen LogP contribution in [0, 0.1) is 11.6 Å². The van der Waals surface area contributed by atoms with Gasteiger partial charge < -0.3 is 10.5 Å². The number of rotatable bonds is 6. The molecule has 0 amide bonds. The highest BCUT2D eigenvalue weighted by atomic mass is 19.1. The Morgan fingerprint density at radius 1 is 1.17 bits per heavy atom. The Kier molecular flexibility index (Phi) is 5.54. The largest absolute Gasteiger partial charge is 0.485 e. The van der Waals surface area contributed by atoms with Gasteiger partial charge in [0.05, 0.1) is 6.10 Å². The summed E-state index contributed by atoms with van der Waals surface area (Å²) in [7, 11) is 0. The van der Waals surface area contributed by atoms with Gasteiger partial charge in [0.25, 0.3) is 0 Å². The summed E-state index contributed by atoms with van der Waals surface area (Å²) in [5, 5.41) is 0. The number of ether oxygens (including phenoxy) is 1. The molecule has 0 saturated heterocycles.